The molecule has 7 nitrogen and oxygen atoms in total. The number of hydrogen-bond acceptors (Lipinski definition) is 4. The van der Waals surface area contributed by atoms with E-state index in [0.29, 0.717) is 19.0 Å². The smallest absolute Gasteiger partial charge is 0.293 e. The predicted molar refractivity (Wildman–Crippen MR) is 118 cm³/mol. The van der Waals surface area contributed by atoms with Gasteiger partial charge in [-0.2, -0.15) is 5.26 Å². The summed E-state index contributed by atoms with van der Waals surface area (Å²) in [4.78, 5) is 19.7. The van der Waals surface area contributed by atoms with E-state index in [2.05, 4.69) is 35.1 Å². The number of aromatic nitrogens is 1. The molecular weight excluding hydrogens is 390 g/mol. The van der Waals surface area contributed by atoms with Crippen molar-refractivity contribution in [1.29, 1.82) is 5.26 Å². The van der Waals surface area contributed by atoms with Gasteiger partial charge < -0.3 is 15.0 Å². The number of ether oxygens (including phenoxy) is 1. The maximum Gasteiger partial charge on any atom is 0.293 e. The molecule has 168 valence electrons. The molecule has 2 saturated heterocycles. The van der Waals surface area contributed by atoms with Gasteiger partial charge in [0.25, 0.3) is 11.7 Å². The van der Waals surface area contributed by atoms with Gasteiger partial charge in [0.05, 0.1) is 6.10 Å². The van der Waals surface area contributed by atoms with E-state index in [1.165, 1.54) is 21.7 Å². The maximum atomic E-state index is 12.3. The average Bonchev–Trinajstić information content (AvgIpc) is 3.44. The van der Waals surface area contributed by atoms with Gasteiger partial charge in [0.15, 0.2) is 6.54 Å². The molecule has 3 N–H and O–H groups in total. The highest BCUT2D eigenvalue weighted by molar-refractivity contribution is 5.76. The summed E-state index contributed by atoms with van der Waals surface area (Å²) in [5.41, 5.74) is 4.83. The summed E-state index contributed by atoms with van der Waals surface area (Å²) in [5.74, 6) is 1.69. The van der Waals surface area contributed by atoms with E-state index in [-0.39, 0.29) is 12.0 Å². The molecule has 0 unspecified atom stereocenters. The molecule has 0 radical (unpaired) electrons. The summed E-state index contributed by atoms with van der Waals surface area (Å²) in [7, 11) is 0. The van der Waals surface area contributed by atoms with E-state index in [0.717, 1.165) is 82.7 Å². The third kappa shape index (κ3) is 5.19. The fourth-order valence-corrected chi connectivity index (χ4v) is 5.26. The number of piperazine rings is 1. The van der Waals surface area contributed by atoms with Crippen molar-refractivity contribution in [3.63, 3.8) is 0 Å². The van der Waals surface area contributed by atoms with Crippen molar-refractivity contribution < 1.29 is 19.4 Å². The van der Waals surface area contributed by atoms with Gasteiger partial charge in [0, 0.05) is 19.6 Å². The van der Waals surface area contributed by atoms with Crippen LogP contribution in [0.2, 0.25) is 0 Å². The Kier molecular flexibility index (Phi) is 7.09. The number of rotatable bonds is 7. The molecule has 7 heteroatoms. The van der Waals surface area contributed by atoms with Crippen LogP contribution in [0.4, 0.5) is 5.82 Å². The number of H-pyrrole nitrogens is 1. The minimum Gasteiger partial charge on any atom is -0.376 e. The largest absolute Gasteiger partial charge is 0.376 e. The molecule has 4 rings (SSSR count). The van der Waals surface area contributed by atoms with Crippen molar-refractivity contribution in [2.45, 2.75) is 58.5 Å². The molecule has 1 aliphatic carbocycles. The van der Waals surface area contributed by atoms with Crippen molar-refractivity contribution in [2.24, 2.45) is 5.92 Å². The van der Waals surface area contributed by atoms with Gasteiger partial charge in [-0.25, -0.2) is 9.88 Å². The molecule has 2 fully saturated rings. The van der Waals surface area contributed by atoms with Crippen LogP contribution >= 0.6 is 0 Å². The molecule has 2 aliphatic heterocycles. The Labute approximate surface area is 185 Å². The standard InChI is InChI=1S/C24H35N5O2/c1-17(2)13-22-20-7-3-6-19(20)21(14-25)24(27-22)29-10-8-28(9-11-29)16-23(30)26-15-18-5-4-12-31-18/h17-18H,3-13,15-16H2,1-2H3,(H,26,30)/p+2/t18-/m0/s1. The summed E-state index contributed by atoms with van der Waals surface area (Å²) in [5, 5.41) is 13.0. The number of nitrogens with one attached hydrogen (secondary N) is 3. The zero-order valence-electron chi connectivity index (χ0n) is 19.1. The van der Waals surface area contributed by atoms with Crippen LogP contribution in [0.1, 0.15) is 55.5 Å². The number of aromatic amines is 1. The first-order chi connectivity index (χ1) is 15.0. The second-order valence-corrected chi connectivity index (χ2v) is 9.70. The van der Waals surface area contributed by atoms with E-state index in [1.54, 1.807) is 0 Å². The van der Waals surface area contributed by atoms with Crippen LogP contribution in [-0.2, 0) is 28.8 Å². The first kappa shape index (κ1) is 22.0. The molecular formula is C24H37N5O2+2. The average molecular weight is 428 g/mol. The van der Waals surface area contributed by atoms with Crippen molar-refractivity contribution in [1.82, 2.24) is 5.32 Å². The van der Waals surface area contributed by atoms with E-state index >= 15 is 0 Å². The molecule has 1 aromatic rings. The highest BCUT2D eigenvalue weighted by Crippen LogP contribution is 2.31. The number of fused-ring (bicyclic) bond motifs is 1. The summed E-state index contributed by atoms with van der Waals surface area (Å²) < 4.78 is 5.59. The third-order valence-corrected chi connectivity index (χ3v) is 6.86. The fourth-order valence-electron chi connectivity index (χ4n) is 5.26. The van der Waals surface area contributed by atoms with Gasteiger partial charge in [-0.15, -0.1) is 0 Å². The van der Waals surface area contributed by atoms with Gasteiger partial charge in [0.2, 0.25) is 0 Å². The number of pyridine rings is 1. The lowest BCUT2D eigenvalue weighted by Crippen LogP contribution is -3.16. The summed E-state index contributed by atoms with van der Waals surface area (Å²) >= 11 is 0. The number of nitrogens with zero attached hydrogens (tertiary/aromatic N) is 2. The fraction of sp³-hybridized carbons (Fsp3) is 0.708. The zero-order chi connectivity index (χ0) is 21.8. The Morgan fingerprint density at radius 3 is 2.74 bits per heavy atom. The van der Waals surface area contributed by atoms with Crippen molar-refractivity contribution in [2.75, 3.05) is 50.8 Å². The Hall–Kier alpha value is -2.17. The molecule has 0 spiro atoms. The molecule has 0 bridgehead atoms. The minimum atomic E-state index is 0.111. The summed E-state index contributed by atoms with van der Waals surface area (Å²) in [6.07, 6.45) is 6.60. The van der Waals surface area contributed by atoms with E-state index in [9.17, 15) is 10.1 Å². The van der Waals surface area contributed by atoms with Gasteiger partial charge in [-0.1, -0.05) is 13.8 Å². The van der Waals surface area contributed by atoms with Gasteiger partial charge >= 0.3 is 0 Å². The molecule has 3 aliphatic rings. The van der Waals surface area contributed by atoms with Crippen LogP contribution in [0, 0.1) is 17.2 Å². The van der Waals surface area contributed by atoms with Crippen LogP contribution in [0.5, 0.6) is 0 Å². The van der Waals surface area contributed by atoms with Crippen molar-refractivity contribution in [3.05, 3.63) is 22.4 Å². The molecule has 0 saturated carbocycles. The Bertz CT molecular complexity index is 833. The highest BCUT2D eigenvalue weighted by atomic mass is 16.5. The normalized spacial score (nSPS) is 21.4. The molecule has 3 heterocycles. The Balaban J connectivity index is 1.38. The van der Waals surface area contributed by atoms with Gasteiger partial charge in [0.1, 0.15) is 43.5 Å². The molecule has 1 aromatic heterocycles. The number of nitriles is 1. The first-order valence-corrected chi connectivity index (χ1v) is 12.0. The van der Waals surface area contributed by atoms with E-state index in [1.807, 2.05) is 0 Å². The molecule has 0 aromatic carbocycles. The Morgan fingerprint density at radius 1 is 1.29 bits per heavy atom. The second-order valence-electron chi connectivity index (χ2n) is 9.70. The minimum absolute atomic E-state index is 0.111. The van der Waals surface area contributed by atoms with Crippen molar-refractivity contribution in [3.8, 4) is 6.07 Å². The number of carbonyl (C=O) groups excluding carboxylic acids is 1. The summed E-state index contributed by atoms with van der Waals surface area (Å²) in [6, 6.07) is 2.50. The van der Waals surface area contributed by atoms with Crippen molar-refractivity contribution >= 4 is 11.7 Å². The number of anilines is 1. The second kappa shape index (κ2) is 9.97. The lowest BCUT2D eigenvalue weighted by atomic mass is 9.97. The highest BCUT2D eigenvalue weighted by Gasteiger charge is 2.34. The monoisotopic (exact) mass is 427 g/mol. The lowest BCUT2D eigenvalue weighted by molar-refractivity contribution is -0.892. The lowest BCUT2D eigenvalue weighted by Gasteiger charge is -2.29. The van der Waals surface area contributed by atoms with E-state index < -0.39 is 0 Å². The number of amides is 1. The maximum absolute atomic E-state index is 12.3. The SMILES string of the molecule is CC(C)Cc1[nH+]c(N2CC[NH+](CC(=O)NC[C@@H]3CCCO3)CC2)c(C#N)c2c1CCC2. The van der Waals surface area contributed by atoms with Crippen LogP contribution in [0.3, 0.4) is 0 Å². The van der Waals surface area contributed by atoms with Crippen LogP contribution < -0.4 is 20.1 Å². The predicted octanol–water partition coefficient (Wildman–Crippen LogP) is 0.0597. The number of quaternary nitrogens is 1. The van der Waals surface area contributed by atoms with Crippen LogP contribution in [-0.4, -0.2) is 57.9 Å². The number of carbonyl (C=O) groups is 1. The van der Waals surface area contributed by atoms with Crippen LogP contribution in [0.15, 0.2) is 0 Å². The topological polar surface area (TPSA) is 83.9 Å². The van der Waals surface area contributed by atoms with Crippen LogP contribution in [0.25, 0.3) is 0 Å². The third-order valence-electron chi connectivity index (χ3n) is 6.86. The summed E-state index contributed by atoms with van der Waals surface area (Å²) in [6.45, 7) is 9.99. The molecule has 1 amide bonds. The molecule has 31 heavy (non-hydrogen) atoms. The first-order valence-electron chi connectivity index (χ1n) is 12.0. The molecule has 1 atom stereocenters. The van der Waals surface area contributed by atoms with Gasteiger partial charge in [-0.3, -0.25) is 4.79 Å². The Morgan fingerprint density at radius 2 is 2.06 bits per heavy atom. The number of hydrogen-bond donors (Lipinski definition) is 2. The zero-order valence-corrected chi connectivity index (χ0v) is 19.1. The quantitative estimate of drug-likeness (QED) is 0.645. The van der Waals surface area contributed by atoms with E-state index in [4.69, 9.17) is 4.74 Å². The van der Waals surface area contributed by atoms with Gasteiger partial charge in [-0.05, 0) is 49.1 Å².